The Morgan fingerprint density at radius 3 is 2.95 bits per heavy atom. The summed E-state index contributed by atoms with van der Waals surface area (Å²) < 4.78 is 19.3. The molecule has 1 heterocycles. The van der Waals surface area contributed by atoms with E-state index in [1.807, 2.05) is 6.07 Å². The number of carbonyl (C=O) groups is 1. The highest BCUT2D eigenvalue weighted by Crippen LogP contribution is 2.34. The fourth-order valence-corrected chi connectivity index (χ4v) is 4.32. The van der Waals surface area contributed by atoms with Gasteiger partial charge in [0.2, 0.25) is 0 Å². The maximum absolute atomic E-state index is 13.4. The number of esters is 1. The largest absolute Gasteiger partial charge is 0.465 e. The molecule has 0 saturated heterocycles. The summed E-state index contributed by atoms with van der Waals surface area (Å²) in [5.41, 5.74) is 1.06. The maximum Gasteiger partial charge on any atom is 0.338 e. The lowest BCUT2D eigenvalue weighted by Gasteiger charge is -2.08. The predicted molar refractivity (Wildman–Crippen MR) is 89.1 cm³/mol. The van der Waals surface area contributed by atoms with Crippen LogP contribution >= 0.6 is 23.1 Å². The summed E-state index contributed by atoms with van der Waals surface area (Å²) >= 11 is 3.33. The van der Waals surface area contributed by atoms with Crippen molar-refractivity contribution in [2.75, 3.05) is 7.11 Å². The van der Waals surface area contributed by atoms with Gasteiger partial charge in [0, 0.05) is 15.3 Å². The first-order valence-electron chi connectivity index (χ1n) is 6.65. The SMILES string of the molecule is COC(=O)c1cc(F)ccc1CSc1cccc2ccsc12. The Morgan fingerprint density at radius 2 is 2.14 bits per heavy atom. The molecule has 5 heteroatoms. The molecule has 0 radical (unpaired) electrons. The van der Waals surface area contributed by atoms with Crippen molar-refractivity contribution in [1.82, 2.24) is 0 Å². The molecule has 0 unspecified atom stereocenters. The highest BCUT2D eigenvalue weighted by Gasteiger charge is 2.14. The highest BCUT2D eigenvalue weighted by atomic mass is 32.2. The van der Waals surface area contributed by atoms with Gasteiger partial charge in [-0.25, -0.2) is 9.18 Å². The lowest BCUT2D eigenvalue weighted by molar-refractivity contribution is 0.0599. The van der Waals surface area contributed by atoms with Gasteiger partial charge in [0.15, 0.2) is 0 Å². The molecule has 0 amide bonds. The van der Waals surface area contributed by atoms with Crippen molar-refractivity contribution in [3.63, 3.8) is 0 Å². The Kier molecular flexibility index (Phi) is 4.45. The lowest BCUT2D eigenvalue weighted by Crippen LogP contribution is -2.05. The van der Waals surface area contributed by atoms with Crippen molar-refractivity contribution in [1.29, 1.82) is 0 Å². The first kappa shape index (κ1) is 15.1. The van der Waals surface area contributed by atoms with Crippen LogP contribution in [-0.4, -0.2) is 13.1 Å². The topological polar surface area (TPSA) is 26.3 Å². The molecule has 0 bridgehead atoms. The third-order valence-corrected chi connectivity index (χ3v) is 5.50. The number of hydrogen-bond acceptors (Lipinski definition) is 4. The van der Waals surface area contributed by atoms with Crippen LogP contribution in [-0.2, 0) is 10.5 Å². The van der Waals surface area contributed by atoms with Gasteiger partial charge in [0.05, 0.1) is 12.7 Å². The van der Waals surface area contributed by atoms with E-state index in [2.05, 4.69) is 23.6 Å². The molecule has 1 aromatic heterocycles. The van der Waals surface area contributed by atoms with Crippen molar-refractivity contribution >= 4 is 39.2 Å². The zero-order valence-electron chi connectivity index (χ0n) is 11.8. The lowest BCUT2D eigenvalue weighted by atomic mass is 10.1. The molecule has 0 fully saturated rings. The van der Waals surface area contributed by atoms with Gasteiger partial charge in [-0.2, -0.15) is 0 Å². The third-order valence-electron chi connectivity index (χ3n) is 3.30. The van der Waals surface area contributed by atoms with Crippen LogP contribution in [0.15, 0.2) is 52.7 Å². The van der Waals surface area contributed by atoms with Gasteiger partial charge in [-0.1, -0.05) is 18.2 Å². The van der Waals surface area contributed by atoms with Crippen molar-refractivity contribution < 1.29 is 13.9 Å². The van der Waals surface area contributed by atoms with Crippen molar-refractivity contribution in [3.05, 3.63) is 64.8 Å². The molecule has 112 valence electrons. The number of carbonyl (C=O) groups excluding carboxylic acids is 1. The van der Waals surface area contributed by atoms with Crippen LogP contribution in [0.1, 0.15) is 15.9 Å². The number of rotatable bonds is 4. The van der Waals surface area contributed by atoms with E-state index in [0.29, 0.717) is 5.75 Å². The zero-order chi connectivity index (χ0) is 15.5. The number of halogens is 1. The Labute approximate surface area is 135 Å². The molecule has 2 nitrogen and oxygen atoms in total. The Morgan fingerprint density at radius 1 is 1.27 bits per heavy atom. The molecule has 2 aromatic carbocycles. The second-order valence-corrected chi connectivity index (χ2v) is 6.61. The van der Waals surface area contributed by atoms with Gasteiger partial charge >= 0.3 is 5.97 Å². The molecule has 0 atom stereocenters. The quantitative estimate of drug-likeness (QED) is 0.490. The molecule has 22 heavy (non-hydrogen) atoms. The molecule has 0 aliphatic rings. The second kappa shape index (κ2) is 6.50. The summed E-state index contributed by atoms with van der Waals surface area (Å²) in [5, 5.41) is 3.27. The number of benzene rings is 2. The van der Waals surface area contributed by atoms with E-state index in [0.717, 1.165) is 10.5 Å². The van der Waals surface area contributed by atoms with Crippen LogP contribution in [0.25, 0.3) is 10.1 Å². The van der Waals surface area contributed by atoms with E-state index in [9.17, 15) is 9.18 Å². The number of thioether (sulfide) groups is 1. The second-order valence-electron chi connectivity index (χ2n) is 4.68. The molecule has 3 aromatic rings. The fourth-order valence-electron chi connectivity index (χ4n) is 2.21. The molecular weight excluding hydrogens is 319 g/mol. The Hall–Kier alpha value is -1.85. The smallest absolute Gasteiger partial charge is 0.338 e. The molecule has 0 spiro atoms. The van der Waals surface area contributed by atoms with Gasteiger partial charge in [-0.05, 0) is 40.6 Å². The standard InChI is InChI=1S/C17H13FO2S2/c1-20-17(19)14-9-13(18)6-5-12(14)10-22-15-4-2-3-11-7-8-21-16(11)15/h2-9H,10H2,1H3. The number of hydrogen-bond donors (Lipinski definition) is 0. The zero-order valence-corrected chi connectivity index (χ0v) is 13.5. The van der Waals surface area contributed by atoms with Crippen molar-refractivity contribution in [2.24, 2.45) is 0 Å². The number of fused-ring (bicyclic) bond motifs is 1. The van der Waals surface area contributed by atoms with Crippen molar-refractivity contribution in [2.45, 2.75) is 10.6 Å². The average molecular weight is 332 g/mol. The number of methoxy groups -OCH3 is 1. The minimum absolute atomic E-state index is 0.286. The maximum atomic E-state index is 13.4. The Balaban J connectivity index is 1.88. The van der Waals surface area contributed by atoms with Gasteiger partial charge in [-0.3, -0.25) is 0 Å². The minimum atomic E-state index is -0.510. The molecule has 0 saturated carbocycles. The Bertz CT molecular complexity index is 826. The summed E-state index contributed by atoms with van der Waals surface area (Å²) in [6, 6.07) is 12.5. The van der Waals surface area contributed by atoms with Crippen molar-refractivity contribution in [3.8, 4) is 0 Å². The molecule has 0 aliphatic heterocycles. The summed E-state index contributed by atoms with van der Waals surface area (Å²) in [7, 11) is 1.30. The van der Waals surface area contributed by atoms with E-state index in [4.69, 9.17) is 4.74 Å². The van der Waals surface area contributed by atoms with E-state index in [1.54, 1.807) is 29.2 Å². The minimum Gasteiger partial charge on any atom is -0.465 e. The van der Waals surface area contributed by atoms with E-state index in [-0.39, 0.29) is 5.56 Å². The molecule has 0 N–H and O–H groups in total. The van der Waals surface area contributed by atoms with Gasteiger partial charge in [0.25, 0.3) is 0 Å². The summed E-state index contributed by atoms with van der Waals surface area (Å²) in [4.78, 5) is 12.9. The fraction of sp³-hybridized carbons (Fsp3) is 0.118. The van der Waals surface area contributed by atoms with E-state index in [1.165, 1.54) is 29.3 Å². The van der Waals surface area contributed by atoms with Gasteiger partial charge < -0.3 is 4.74 Å². The monoisotopic (exact) mass is 332 g/mol. The first-order valence-corrected chi connectivity index (χ1v) is 8.51. The predicted octanol–water partition coefficient (Wildman–Crippen LogP) is 5.12. The highest BCUT2D eigenvalue weighted by molar-refractivity contribution is 7.98. The van der Waals surface area contributed by atoms with Crippen LogP contribution in [0.4, 0.5) is 4.39 Å². The van der Waals surface area contributed by atoms with Crippen LogP contribution in [0.5, 0.6) is 0 Å². The summed E-state index contributed by atoms with van der Waals surface area (Å²) in [6.45, 7) is 0. The van der Waals surface area contributed by atoms with Crippen LogP contribution in [0.2, 0.25) is 0 Å². The van der Waals surface area contributed by atoms with Gasteiger partial charge in [-0.15, -0.1) is 23.1 Å². The average Bonchev–Trinajstić information content (AvgIpc) is 3.02. The number of thiophene rings is 1. The normalized spacial score (nSPS) is 10.8. The van der Waals surface area contributed by atoms with E-state index < -0.39 is 11.8 Å². The van der Waals surface area contributed by atoms with Crippen LogP contribution in [0, 0.1) is 5.82 Å². The molecular formula is C17H13FO2S2. The third kappa shape index (κ3) is 3.00. The van der Waals surface area contributed by atoms with E-state index >= 15 is 0 Å². The van der Waals surface area contributed by atoms with Crippen LogP contribution in [0.3, 0.4) is 0 Å². The molecule has 3 rings (SSSR count). The van der Waals surface area contributed by atoms with Gasteiger partial charge in [0.1, 0.15) is 5.82 Å². The van der Waals surface area contributed by atoms with Crippen LogP contribution < -0.4 is 0 Å². The number of ether oxygens (including phenoxy) is 1. The summed E-state index contributed by atoms with van der Waals surface area (Å²) in [5.74, 6) is -0.360. The summed E-state index contributed by atoms with van der Waals surface area (Å²) in [6.07, 6.45) is 0. The first-order chi connectivity index (χ1) is 10.7. The molecule has 0 aliphatic carbocycles.